The number of rotatable bonds is 7. The highest BCUT2D eigenvalue weighted by Crippen LogP contribution is 2.04. The van der Waals surface area contributed by atoms with Crippen LogP contribution in [0.4, 0.5) is 0 Å². The lowest BCUT2D eigenvalue weighted by molar-refractivity contribution is -0.150. The van der Waals surface area contributed by atoms with Crippen LogP contribution in [0.25, 0.3) is 0 Å². The van der Waals surface area contributed by atoms with E-state index in [2.05, 4.69) is 17.1 Å². The van der Waals surface area contributed by atoms with E-state index in [0.29, 0.717) is 11.7 Å². The maximum absolute atomic E-state index is 10.5. The molecule has 0 saturated carbocycles. The molecule has 90 valence electrons. The van der Waals surface area contributed by atoms with Crippen molar-refractivity contribution in [2.75, 3.05) is 0 Å². The van der Waals surface area contributed by atoms with Crippen LogP contribution in [0.15, 0.2) is 4.52 Å². The number of hydrogen-bond donors (Lipinski definition) is 1. The molecule has 1 rings (SSSR count). The highest BCUT2D eigenvalue weighted by Gasteiger charge is 2.13. The van der Waals surface area contributed by atoms with Crippen LogP contribution in [0.5, 0.6) is 0 Å². The fourth-order valence-electron chi connectivity index (χ4n) is 1.05. The standard InChI is InChI=1S/C10H16N2O4/c1-3-4-5-8-11-9(16-12-8)6-15-7(2)10(13)14/h7H,3-6H2,1-2H3,(H,13,14). The summed E-state index contributed by atoms with van der Waals surface area (Å²) in [5, 5.41) is 12.4. The van der Waals surface area contributed by atoms with Gasteiger partial charge < -0.3 is 14.4 Å². The second kappa shape index (κ2) is 6.22. The van der Waals surface area contributed by atoms with Gasteiger partial charge in [-0.05, 0) is 13.3 Å². The van der Waals surface area contributed by atoms with Crippen molar-refractivity contribution in [1.82, 2.24) is 10.1 Å². The minimum absolute atomic E-state index is 0.0343. The number of carboxylic acids is 1. The Morgan fingerprint density at radius 2 is 2.38 bits per heavy atom. The first-order chi connectivity index (χ1) is 7.63. The molecule has 0 radical (unpaired) electrons. The minimum Gasteiger partial charge on any atom is -0.479 e. The Kier molecular flexibility index (Phi) is 4.91. The fraction of sp³-hybridized carbons (Fsp3) is 0.700. The van der Waals surface area contributed by atoms with Gasteiger partial charge in [0.05, 0.1) is 0 Å². The summed E-state index contributed by atoms with van der Waals surface area (Å²) in [6.45, 7) is 3.57. The van der Waals surface area contributed by atoms with Crippen molar-refractivity contribution in [3.05, 3.63) is 11.7 Å². The molecule has 1 heterocycles. The summed E-state index contributed by atoms with van der Waals surface area (Å²) in [7, 11) is 0. The number of carbonyl (C=O) groups is 1. The van der Waals surface area contributed by atoms with Gasteiger partial charge in [0.2, 0.25) is 0 Å². The number of aryl methyl sites for hydroxylation is 1. The minimum atomic E-state index is -1.01. The van der Waals surface area contributed by atoms with E-state index in [9.17, 15) is 4.79 Å². The van der Waals surface area contributed by atoms with Crippen LogP contribution < -0.4 is 0 Å². The van der Waals surface area contributed by atoms with Crippen LogP contribution in [0, 0.1) is 0 Å². The average Bonchev–Trinajstić information content (AvgIpc) is 2.70. The molecule has 0 bridgehead atoms. The van der Waals surface area contributed by atoms with E-state index in [1.807, 2.05) is 0 Å². The molecule has 1 N–H and O–H groups in total. The number of hydrogen-bond acceptors (Lipinski definition) is 5. The number of carboxylic acid groups (broad SMARTS) is 1. The molecule has 0 saturated heterocycles. The first-order valence-corrected chi connectivity index (χ1v) is 5.29. The third-order valence-electron chi connectivity index (χ3n) is 2.07. The molecule has 0 aliphatic heterocycles. The maximum atomic E-state index is 10.5. The van der Waals surface area contributed by atoms with Crippen molar-refractivity contribution in [2.24, 2.45) is 0 Å². The average molecular weight is 228 g/mol. The lowest BCUT2D eigenvalue weighted by Crippen LogP contribution is -2.19. The third-order valence-corrected chi connectivity index (χ3v) is 2.07. The van der Waals surface area contributed by atoms with Gasteiger partial charge in [0, 0.05) is 6.42 Å². The number of ether oxygens (including phenoxy) is 1. The Hall–Kier alpha value is -1.43. The van der Waals surface area contributed by atoms with Crippen LogP contribution >= 0.6 is 0 Å². The number of unbranched alkanes of at least 4 members (excludes halogenated alkanes) is 1. The Morgan fingerprint density at radius 3 is 3.00 bits per heavy atom. The van der Waals surface area contributed by atoms with Crippen molar-refractivity contribution in [2.45, 2.75) is 45.8 Å². The summed E-state index contributed by atoms with van der Waals surface area (Å²) in [5.41, 5.74) is 0. The van der Waals surface area contributed by atoms with Gasteiger partial charge in [0.1, 0.15) is 6.61 Å². The molecular formula is C10H16N2O4. The molecular weight excluding hydrogens is 212 g/mol. The Labute approximate surface area is 93.6 Å². The molecule has 0 aromatic carbocycles. The van der Waals surface area contributed by atoms with Gasteiger partial charge in [-0.2, -0.15) is 4.98 Å². The largest absolute Gasteiger partial charge is 0.479 e. The highest BCUT2D eigenvalue weighted by molar-refractivity contribution is 5.71. The topological polar surface area (TPSA) is 85.5 Å². The van der Waals surface area contributed by atoms with Crippen LogP contribution in [-0.4, -0.2) is 27.3 Å². The SMILES string of the molecule is CCCCc1noc(COC(C)C(=O)O)n1. The van der Waals surface area contributed by atoms with E-state index >= 15 is 0 Å². The molecule has 0 fully saturated rings. The van der Waals surface area contributed by atoms with E-state index in [1.165, 1.54) is 6.92 Å². The van der Waals surface area contributed by atoms with E-state index in [1.54, 1.807) is 0 Å². The molecule has 1 aromatic rings. The normalized spacial score (nSPS) is 12.6. The first kappa shape index (κ1) is 12.6. The van der Waals surface area contributed by atoms with Crippen molar-refractivity contribution in [3.8, 4) is 0 Å². The molecule has 6 heteroatoms. The monoisotopic (exact) mass is 228 g/mol. The summed E-state index contributed by atoms with van der Waals surface area (Å²) in [4.78, 5) is 14.6. The van der Waals surface area contributed by atoms with Crippen LogP contribution in [0.3, 0.4) is 0 Å². The lowest BCUT2D eigenvalue weighted by Gasteiger charge is -2.04. The van der Waals surface area contributed by atoms with Gasteiger partial charge in [-0.15, -0.1) is 0 Å². The maximum Gasteiger partial charge on any atom is 0.332 e. The predicted octanol–water partition coefficient (Wildman–Crippen LogP) is 1.40. The van der Waals surface area contributed by atoms with Crippen molar-refractivity contribution in [3.63, 3.8) is 0 Å². The Balaban J connectivity index is 2.37. The lowest BCUT2D eigenvalue weighted by atomic mass is 10.2. The number of aromatic nitrogens is 2. The quantitative estimate of drug-likeness (QED) is 0.759. The van der Waals surface area contributed by atoms with Gasteiger partial charge in [0.15, 0.2) is 11.9 Å². The molecule has 0 aliphatic carbocycles. The fourth-order valence-corrected chi connectivity index (χ4v) is 1.05. The first-order valence-electron chi connectivity index (χ1n) is 5.29. The molecule has 1 atom stereocenters. The highest BCUT2D eigenvalue weighted by atomic mass is 16.5. The van der Waals surface area contributed by atoms with Gasteiger partial charge in [-0.25, -0.2) is 4.79 Å². The molecule has 0 aliphatic rings. The molecule has 6 nitrogen and oxygen atoms in total. The van der Waals surface area contributed by atoms with E-state index in [-0.39, 0.29) is 6.61 Å². The van der Waals surface area contributed by atoms with E-state index in [0.717, 1.165) is 19.3 Å². The summed E-state index contributed by atoms with van der Waals surface area (Å²) < 4.78 is 9.92. The molecule has 0 amide bonds. The third kappa shape index (κ3) is 3.98. The van der Waals surface area contributed by atoms with Crippen LogP contribution in [0.2, 0.25) is 0 Å². The zero-order valence-corrected chi connectivity index (χ0v) is 9.47. The predicted molar refractivity (Wildman–Crippen MR) is 54.8 cm³/mol. The zero-order chi connectivity index (χ0) is 12.0. The Morgan fingerprint density at radius 1 is 1.62 bits per heavy atom. The van der Waals surface area contributed by atoms with Gasteiger partial charge >= 0.3 is 5.97 Å². The van der Waals surface area contributed by atoms with Crippen molar-refractivity contribution < 1.29 is 19.2 Å². The summed E-state index contributed by atoms with van der Waals surface area (Å²) in [6.07, 6.45) is 1.97. The molecule has 1 unspecified atom stereocenters. The zero-order valence-electron chi connectivity index (χ0n) is 9.47. The van der Waals surface area contributed by atoms with Gasteiger partial charge in [-0.3, -0.25) is 0 Å². The second-order valence-electron chi connectivity index (χ2n) is 3.50. The van der Waals surface area contributed by atoms with Crippen molar-refractivity contribution in [1.29, 1.82) is 0 Å². The molecule has 1 aromatic heterocycles. The van der Waals surface area contributed by atoms with E-state index in [4.69, 9.17) is 14.4 Å². The van der Waals surface area contributed by atoms with Gasteiger partial charge in [0.25, 0.3) is 5.89 Å². The second-order valence-corrected chi connectivity index (χ2v) is 3.50. The van der Waals surface area contributed by atoms with Crippen LogP contribution in [-0.2, 0) is 22.6 Å². The molecule has 16 heavy (non-hydrogen) atoms. The number of aliphatic carboxylic acids is 1. The summed E-state index contributed by atoms with van der Waals surface area (Å²) in [6, 6.07) is 0. The van der Waals surface area contributed by atoms with Gasteiger partial charge in [-0.1, -0.05) is 18.5 Å². The summed E-state index contributed by atoms with van der Waals surface area (Å²) >= 11 is 0. The van der Waals surface area contributed by atoms with E-state index < -0.39 is 12.1 Å². The summed E-state index contributed by atoms with van der Waals surface area (Å²) in [5.74, 6) is -0.0478. The number of nitrogens with zero attached hydrogens (tertiary/aromatic N) is 2. The van der Waals surface area contributed by atoms with Crippen LogP contribution in [0.1, 0.15) is 38.4 Å². The smallest absolute Gasteiger partial charge is 0.332 e. The van der Waals surface area contributed by atoms with Crippen molar-refractivity contribution >= 4 is 5.97 Å². The molecule has 0 spiro atoms. The Bertz CT molecular complexity index is 337.